The molecule has 0 aromatic heterocycles. The van der Waals surface area contributed by atoms with Crippen molar-refractivity contribution in [1.29, 1.82) is 0 Å². The van der Waals surface area contributed by atoms with E-state index in [1.54, 1.807) is 0 Å². The number of carbonyl (C=O) groups is 1. The zero-order chi connectivity index (χ0) is 9.80. The van der Waals surface area contributed by atoms with Crippen LogP contribution >= 0.6 is 0 Å². The maximum absolute atomic E-state index is 11.5. The van der Waals surface area contributed by atoms with Crippen LogP contribution in [-0.4, -0.2) is 38.3 Å². The van der Waals surface area contributed by atoms with Crippen molar-refractivity contribution in [2.75, 3.05) is 26.3 Å². The molecule has 2 aliphatic heterocycles. The van der Waals surface area contributed by atoms with Crippen LogP contribution in [0.5, 0.6) is 0 Å². The summed E-state index contributed by atoms with van der Waals surface area (Å²) in [6, 6.07) is 0.393. The molecule has 2 fully saturated rings. The second-order valence-electron chi connectivity index (χ2n) is 4.20. The highest BCUT2D eigenvalue weighted by Gasteiger charge is 2.23. The minimum atomic E-state index is 0.199. The van der Waals surface area contributed by atoms with Gasteiger partial charge in [-0.2, -0.15) is 0 Å². The van der Waals surface area contributed by atoms with E-state index < -0.39 is 0 Å². The molecule has 0 unspecified atom stereocenters. The molecule has 0 bridgehead atoms. The number of amides is 1. The minimum Gasteiger partial charge on any atom is -0.381 e. The van der Waals surface area contributed by atoms with Gasteiger partial charge in [0, 0.05) is 18.4 Å². The molecule has 0 saturated carbocycles. The summed E-state index contributed by atoms with van der Waals surface area (Å²) in [6.45, 7) is 3.58. The Balaban J connectivity index is 1.64. The second kappa shape index (κ2) is 4.75. The molecule has 1 amide bonds. The summed E-state index contributed by atoms with van der Waals surface area (Å²) in [5, 5.41) is 6.36. The highest BCUT2D eigenvalue weighted by atomic mass is 16.5. The minimum absolute atomic E-state index is 0.199. The molecule has 4 heteroatoms. The van der Waals surface area contributed by atoms with Gasteiger partial charge in [0.15, 0.2) is 0 Å². The Morgan fingerprint density at radius 2 is 2.07 bits per heavy atom. The van der Waals surface area contributed by atoms with E-state index in [0.29, 0.717) is 18.4 Å². The van der Waals surface area contributed by atoms with Gasteiger partial charge in [0.25, 0.3) is 0 Å². The first-order chi connectivity index (χ1) is 6.84. The van der Waals surface area contributed by atoms with E-state index in [1.165, 1.54) is 0 Å². The van der Waals surface area contributed by atoms with Crippen molar-refractivity contribution in [2.24, 2.45) is 5.92 Å². The predicted molar refractivity (Wildman–Crippen MR) is 53.0 cm³/mol. The molecule has 4 nitrogen and oxygen atoms in total. The van der Waals surface area contributed by atoms with E-state index in [9.17, 15) is 4.79 Å². The van der Waals surface area contributed by atoms with Crippen molar-refractivity contribution in [3.63, 3.8) is 0 Å². The van der Waals surface area contributed by atoms with Gasteiger partial charge in [-0.15, -0.1) is 0 Å². The normalized spacial score (nSPS) is 24.3. The van der Waals surface area contributed by atoms with Crippen molar-refractivity contribution in [3.05, 3.63) is 0 Å². The molecule has 2 saturated heterocycles. The summed E-state index contributed by atoms with van der Waals surface area (Å²) in [4.78, 5) is 11.5. The lowest BCUT2D eigenvalue weighted by atomic mass is 10.0. The summed E-state index contributed by atoms with van der Waals surface area (Å²) >= 11 is 0. The molecule has 80 valence electrons. The van der Waals surface area contributed by atoms with E-state index in [1.807, 2.05) is 0 Å². The average Bonchev–Trinajstić information content (AvgIpc) is 2.13. The Labute approximate surface area is 84.4 Å². The molecule has 0 atom stereocenters. The summed E-state index contributed by atoms with van der Waals surface area (Å²) < 4.78 is 5.04. The third kappa shape index (κ3) is 2.69. The van der Waals surface area contributed by atoms with Crippen molar-refractivity contribution >= 4 is 5.91 Å². The van der Waals surface area contributed by atoms with Gasteiger partial charge in [0.05, 0.1) is 13.2 Å². The molecule has 2 aliphatic rings. The van der Waals surface area contributed by atoms with Crippen molar-refractivity contribution in [2.45, 2.75) is 25.3 Å². The Kier molecular flexibility index (Phi) is 3.37. The SMILES string of the molecule is O=C(CC1COC1)NC1CCNCC1. The molecule has 2 heterocycles. The van der Waals surface area contributed by atoms with E-state index in [4.69, 9.17) is 4.74 Å². The summed E-state index contributed by atoms with van der Waals surface area (Å²) in [7, 11) is 0. The van der Waals surface area contributed by atoms with Gasteiger partial charge in [-0.25, -0.2) is 0 Å². The standard InChI is InChI=1S/C10H18N2O2/c13-10(5-8-6-14-7-8)12-9-1-3-11-4-2-9/h8-9,11H,1-7H2,(H,12,13). The lowest BCUT2D eigenvalue weighted by molar-refractivity contribution is -0.127. The molecule has 0 aromatic rings. The first kappa shape index (κ1) is 9.93. The predicted octanol–water partition coefficient (Wildman–Crippen LogP) is -0.109. The van der Waals surface area contributed by atoms with Gasteiger partial charge < -0.3 is 15.4 Å². The Morgan fingerprint density at radius 3 is 2.64 bits per heavy atom. The Hall–Kier alpha value is -0.610. The first-order valence-electron chi connectivity index (χ1n) is 5.42. The Morgan fingerprint density at radius 1 is 1.36 bits per heavy atom. The molecule has 0 radical (unpaired) electrons. The lowest BCUT2D eigenvalue weighted by Gasteiger charge is -2.28. The highest BCUT2D eigenvalue weighted by Crippen LogP contribution is 2.14. The van der Waals surface area contributed by atoms with Gasteiger partial charge in [-0.3, -0.25) is 4.79 Å². The number of hydrogen-bond donors (Lipinski definition) is 2. The smallest absolute Gasteiger partial charge is 0.220 e. The van der Waals surface area contributed by atoms with Crippen molar-refractivity contribution in [3.8, 4) is 0 Å². The molecule has 14 heavy (non-hydrogen) atoms. The second-order valence-corrected chi connectivity index (χ2v) is 4.20. The van der Waals surface area contributed by atoms with Crippen molar-refractivity contribution in [1.82, 2.24) is 10.6 Å². The van der Waals surface area contributed by atoms with E-state index in [-0.39, 0.29) is 5.91 Å². The zero-order valence-electron chi connectivity index (χ0n) is 8.42. The number of rotatable bonds is 3. The summed E-state index contributed by atoms with van der Waals surface area (Å²) in [5.41, 5.74) is 0. The number of hydrogen-bond acceptors (Lipinski definition) is 3. The fourth-order valence-electron chi connectivity index (χ4n) is 1.92. The summed E-state index contributed by atoms with van der Waals surface area (Å²) in [5.74, 6) is 0.668. The molecule has 0 aromatic carbocycles. The van der Waals surface area contributed by atoms with Crippen LogP contribution in [0.2, 0.25) is 0 Å². The molecular weight excluding hydrogens is 180 g/mol. The van der Waals surface area contributed by atoms with Gasteiger partial charge in [-0.05, 0) is 25.9 Å². The van der Waals surface area contributed by atoms with E-state index in [0.717, 1.165) is 39.1 Å². The first-order valence-corrected chi connectivity index (χ1v) is 5.42. The molecule has 0 spiro atoms. The molecule has 2 N–H and O–H groups in total. The van der Waals surface area contributed by atoms with Gasteiger partial charge >= 0.3 is 0 Å². The van der Waals surface area contributed by atoms with Crippen LogP contribution < -0.4 is 10.6 Å². The van der Waals surface area contributed by atoms with Crippen LogP contribution in [0.1, 0.15) is 19.3 Å². The fourth-order valence-corrected chi connectivity index (χ4v) is 1.92. The zero-order valence-corrected chi connectivity index (χ0v) is 8.42. The van der Waals surface area contributed by atoms with Crippen LogP contribution in [0, 0.1) is 5.92 Å². The van der Waals surface area contributed by atoms with Crippen LogP contribution in [0.3, 0.4) is 0 Å². The fraction of sp³-hybridized carbons (Fsp3) is 0.900. The van der Waals surface area contributed by atoms with E-state index in [2.05, 4.69) is 10.6 Å². The van der Waals surface area contributed by atoms with Gasteiger partial charge in [0.2, 0.25) is 5.91 Å². The van der Waals surface area contributed by atoms with Crippen LogP contribution in [-0.2, 0) is 9.53 Å². The maximum atomic E-state index is 11.5. The van der Waals surface area contributed by atoms with Crippen LogP contribution in [0.25, 0.3) is 0 Å². The third-order valence-corrected chi connectivity index (χ3v) is 2.89. The number of carbonyl (C=O) groups excluding carboxylic acids is 1. The molecule has 0 aliphatic carbocycles. The largest absolute Gasteiger partial charge is 0.381 e. The maximum Gasteiger partial charge on any atom is 0.220 e. The third-order valence-electron chi connectivity index (χ3n) is 2.89. The van der Waals surface area contributed by atoms with Gasteiger partial charge in [0.1, 0.15) is 0 Å². The molecule has 2 rings (SSSR count). The average molecular weight is 198 g/mol. The highest BCUT2D eigenvalue weighted by molar-refractivity contribution is 5.76. The van der Waals surface area contributed by atoms with Crippen LogP contribution in [0.15, 0.2) is 0 Å². The molecular formula is C10H18N2O2. The quantitative estimate of drug-likeness (QED) is 0.665. The lowest BCUT2D eigenvalue weighted by Crippen LogP contribution is -2.44. The van der Waals surface area contributed by atoms with Gasteiger partial charge in [-0.1, -0.05) is 0 Å². The monoisotopic (exact) mass is 198 g/mol. The van der Waals surface area contributed by atoms with E-state index >= 15 is 0 Å². The number of piperidine rings is 1. The Bertz CT molecular complexity index is 198. The van der Waals surface area contributed by atoms with Crippen LogP contribution in [0.4, 0.5) is 0 Å². The topological polar surface area (TPSA) is 50.4 Å². The van der Waals surface area contributed by atoms with Crippen molar-refractivity contribution < 1.29 is 9.53 Å². The summed E-state index contributed by atoms with van der Waals surface area (Å²) in [6.07, 6.45) is 2.77. The number of ether oxygens (including phenoxy) is 1. The number of nitrogens with one attached hydrogen (secondary N) is 2.